The van der Waals surface area contributed by atoms with Crippen LogP contribution in [0.5, 0.6) is 0 Å². The topological polar surface area (TPSA) is 41.1 Å². The van der Waals surface area contributed by atoms with Crippen molar-refractivity contribution in [3.05, 3.63) is 59.9 Å². The molecule has 4 nitrogen and oxygen atoms in total. The highest BCUT2D eigenvalue weighted by Crippen LogP contribution is 2.23. The minimum absolute atomic E-state index is 0.265. The molecule has 1 atom stereocenters. The van der Waals surface area contributed by atoms with Gasteiger partial charge in [-0.3, -0.25) is 14.9 Å². The van der Waals surface area contributed by atoms with Crippen molar-refractivity contribution in [1.29, 1.82) is 0 Å². The van der Waals surface area contributed by atoms with Gasteiger partial charge in [-0.2, -0.15) is 0 Å². The van der Waals surface area contributed by atoms with Crippen LogP contribution in [0.4, 0.5) is 4.39 Å². The molecule has 104 valence electrons. The summed E-state index contributed by atoms with van der Waals surface area (Å²) in [5.41, 5.74) is 2.09. The molecule has 1 aliphatic heterocycles. The summed E-state index contributed by atoms with van der Waals surface area (Å²) >= 11 is 0. The van der Waals surface area contributed by atoms with Crippen molar-refractivity contribution < 1.29 is 4.39 Å². The fourth-order valence-electron chi connectivity index (χ4n) is 2.61. The van der Waals surface area contributed by atoms with Crippen LogP contribution in [-0.4, -0.2) is 34.5 Å². The average Bonchev–Trinajstić information content (AvgIpc) is 2.49. The minimum atomic E-state index is -0.282. The molecular weight excluding hydrogens is 255 g/mol. The Labute approximate surface area is 117 Å². The predicted molar refractivity (Wildman–Crippen MR) is 74.5 cm³/mol. The van der Waals surface area contributed by atoms with Gasteiger partial charge in [0, 0.05) is 50.8 Å². The molecule has 1 N–H and O–H groups in total. The number of nitrogens with one attached hydrogen (secondary N) is 1. The maximum atomic E-state index is 13.2. The lowest BCUT2D eigenvalue weighted by atomic mass is 10.0. The monoisotopic (exact) mass is 272 g/mol. The minimum Gasteiger partial charge on any atom is -0.314 e. The van der Waals surface area contributed by atoms with Crippen LogP contribution in [-0.2, 0) is 6.54 Å². The van der Waals surface area contributed by atoms with Gasteiger partial charge in [-0.15, -0.1) is 0 Å². The maximum absolute atomic E-state index is 13.2. The van der Waals surface area contributed by atoms with Crippen molar-refractivity contribution in [2.24, 2.45) is 0 Å². The first-order valence-corrected chi connectivity index (χ1v) is 6.77. The summed E-state index contributed by atoms with van der Waals surface area (Å²) in [6.45, 7) is 3.45. The molecule has 5 heteroatoms. The number of hydrogen-bond donors (Lipinski definition) is 1. The Morgan fingerprint density at radius 2 is 2.25 bits per heavy atom. The second kappa shape index (κ2) is 6.07. The van der Waals surface area contributed by atoms with Gasteiger partial charge in [0.1, 0.15) is 5.82 Å². The molecule has 0 bridgehead atoms. The van der Waals surface area contributed by atoms with E-state index in [0.29, 0.717) is 6.54 Å². The van der Waals surface area contributed by atoms with E-state index in [9.17, 15) is 4.39 Å². The molecule has 3 heterocycles. The molecule has 2 aromatic heterocycles. The number of halogens is 1. The van der Waals surface area contributed by atoms with Gasteiger partial charge in [-0.1, -0.05) is 6.07 Å². The summed E-state index contributed by atoms with van der Waals surface area (Å²) in [7, 11) is 0. The highest BCUT2D eigenvalue weighted by molar-refractivity contribution is 5.17. The third kappa shape index (κ3) is 3.00. The van der Waals surface area contributed by atoms with Gasteiger partial charge in [0.05, 0.1) is 6.20 Å². The van der Waals surface area contributed by atoms with Crippen LogP contribution >= 0.6 is 0 Å². The third-order valence-corrected chi connectivity index (χ3v) is 3.57. The van der Waals surface area contributed by atoms with E-state index in [2.05, 4.69) is 26.3 Å². The van der Waals surface area contributed by atoms with Crippen molar-refractivity contribution in [3.8, 4) is 0 Å². The second-order valence-corrected chi connectivity index (χ2v) is 4.99. The molecule has 1 fully saturated rings. The molecule has 0 saturated carbocycles. The molecule has 1 saturated heterocycles. The zero-order chi connectivity index (χ0) is 13.8. The van der Waals surface area contributed by atoms with Gasteiger partial charge in [0.25, 0.3) is 0 Å². The van der Waals surface area contributed by atoms with Crippen LogP contribution in [0.25, 0.3) is 0 Å². The first kappa shape index (κ1) is 13.1. The quantitative estimate of drug-likeness (QED) is 0.924. The normalized spacial score (nSPS) is 19.9. The Hall–Kier alpha value is -1.85. The second-order valence-electron chi connectivity index (χ2n) is 4.99. The van der Waals surface area contributed by atoms with Crippen molar-refractivity contribution in [2.45, 2.75) is 12.6 Å². The predicted octanol–water partition coefficient (Wildman–Crippen LogP) is 1.76. The van der Waals surface area contributed by atoms with Crippen LogP contribution < -0.4 is 5.32 Å². The zero-order valence-corrected chi connectivity index (χ0v) is 11.2. The van der Waals surface area contributed by atoms with E-state index in [1.807, 2.05) is 12.3 Å². The van der Waals surface area contributed by atoms with E-state index in [1.54, 1.807) is 18.5 Å². The smallest absolute Gasteiger partial charge is 0.141 e. The lowest BCUT2D eigenvalue weighted by Crippen LogP contribution is -2.45. The average molecular weight is 272 g/mol. The first-order chi connectivity index (χ1) is 9.83. The van der Waals surface area contributed by atoms with Gasteiger partial charge in [-0.25, -0.2) is 4.39 Å². The summed E-state index contributed by atoms with van der Waals surface area (Å²) in [5.74, 6) is -0.282. The van der Waals surface area contributed by atoms with E-state index in [-0.39, 0.29) is 11.9 Å². The number of hydrogen-bond acceptors (Lipinski definition) is 4. The van der Waals surface area contributed by atoms with Gasteiger partial charge < -0.3 is 5.32 Å². The fraction of sp³-hybridized carbons (Fsp3) is 0.333. The van der Waals surface area contributed by atoms with Gasteiger partial charge in [0.2, 0.25) is 0 Å². The zero-order valence-electron chi connectivity index (χ0n) is 11.2. The standard InChI is InChI=1S/C15H17FN4/c16-14-6-12(7-19-9-14)11-20-5-4-18-10-15(20)13-2-1-3-17-8-13/h1-3,6-9,15,18H,4-5,10-11H2. The van der Waals surface area contributed by atoms with Crippen molar-refractivity contribution >= 4 is 0 Å². The molecule has 3 rings (SSSR count). The number of aromatic nitrogens is 2. The van der Waals surface area contributed by atoms with Crippen LogP contribution in [0.15, 0.2) is 43.0 Å². The SMILES string of the molecule is Fc1cncc(CN2CCNCC2c2cccnc2)c1. The van der Waals surface area contributed by atoms with E-state index >= 15 is 0 Å². The molecule has 1 aliphatic rings. The van der Waals surface area contributed by atoms with Crippen LogP contribution in [0, 0.1) is 5.82 Å². The Balaban J connectivity index is 1.79. The van der Waals surface area contributed by atoms with Gasteiger partial charge in [-0.05, 0) is 23.3 Å². The molecule has 2 aromatic rings. The summed E-state index contributed by atoms with van der Waals surface area (Å²) in [4.78, 5) is 10.4. The Morgan fingerprint density at radius 1 is 1.30 bits per heavy atom. The molecule has 0 radical (unpaired) electrons. The van der Waals surface area contributed by atoms with Crippen LogP contribution in [0.1, 0.15) is 17.2 Å². The highest BCUT2D eigenvalue weighted by atomic mass is 19.1. The maximum Gasteiger partial charge on any atom is 0.141 e. The number of piperazine rings is 1. The van der Waals surface area contributed by atoms with Crippen molar-refractivity contribution in [2.75, 3.05) is 19.6 Å². The summed E-state index contributed by atoms with van der Waals surface area (Å²) in [5, 5.41) is 3.40. The molecule has 20 heavy (non-hydrogen) atoms. The van der Waals surface area contributed by atoms with E-state index in [1.165, 1.54) is 11.8 Å². The van der Waals surface area contributed by atoms with Crippen molar-refractivity contribution in [3.63, 3.8) is 0 Å². The number of nitrogens with zero attached hydrogens (tertiary/aromatic N) is 3. The molecule has 0 aliphatic carbocycles. The summed E-state index contributed by atoms with van der Waals surface area (Å²) in [6, 6.07) is 5.85. The van der Waals surface area contributed by atoms with E-state index in [4.69, 9.17) is 0 Å². The third-order valence-electron chi connectivity index (χ3n) is 3.57. The molecule has 0 aromatic carbocycles. The summed E-state index contributed by atoms with van der Waals surface area (Å²) < 4.78 is 13.2. The van der Waals surface area contributed by atoms with Gasteiger partial charge in [0.15, 0.2) is 0 Å². The summed E-state index contributed by atoms with van der Waals surface area (Å²) in [6.07, 6.45) is 6.64. The molecular formula is C15H17FN4. The van der Waals surface area contributed by atoms with Gasteiger partial charge >= 0.3 is 0 Å². The molecule has 0 spiro atoms. The first-order valence-electron chi connectivity index (χ1n) is 6.77. The Morgan fingerprint density at radius 3 is 3.05 bits per heavy atom. The highest BCUT2D eigenvalue weighted by Gasteiger charge is 2.23. The van der Waals surface area contributed by atoms with E-state index < -0.39 is 0 Å². The lowest BCUT2D eigenvalue weighted by molar-refractivity contribution is 0.153. The fourth-order valence-corrected chi connectivity index (χ4v) is 2.61. The van der Waals surface area contributed by atoms with E-state index in [0.717, 1.165) is 25.2 Å². The Kier molecular flexibility index (Phi) is 3.99. The number of rotatable bonds is 3. The van der Waals surface area contributed by atoms with Crippen LogP contribution in [0.2, 0.25) is 0 Å². The van der Waals surface area contributed by atoms with Crippen LogP contribution in [0.3, 0.4) is 0 Å². The molecule has 1 unspecified atom stereocenters. The largest absolute Gasteiger partial charge is 0.314 e. The van der Waals surface area contributed by atoms with Crippen molar-refractivity contribution in [1.82, 2.24) is 20.2 Å². The molecule has 0 amide bonds. The Bertz CT molecular complexity index is 561. The lowest BCUT2D eigenvalue weighted by Gasteiger charge is -2.36. The number of pyridine rings is 2.